The van der Waals surface area contributed by atoms with Gasteiger partial charge in [-0.15, -0.1) is 0 Å². The van der Waals surface area contributed by atoms with Crippen LogP contribution < -0.4 is 0 Å². The fourth-order valence-electron chi connectivity index (χ4n) is 8.96. The first kappa shape index (κ1) is 31.4. The summed E-state index contributed by atoms with van der Waals surface area (Å²) in [4.78, 5) is 10.6. The summed E-state index contributed by atoms with van der Waals surface area (Å²) in [5.74, 6) is 0.697. The van der Waals surface area contributed by atoms with Crippen LogP contribution in [-0.4, -0.2) is 9.97 Å². The lowest BCUT2D eigenvalue weighted by Crippen LogP contribution is -2.22. The number of para-hydroxylation sites is 1. The SMILES string of the molecule is CC1(c2ccccc2)c2ccccc2-c2c(-c3cc(-c4cccc(-c5cc6oc7ccccc7c6c6ccccc56)c4)nc(-c4ccccc4)n3)cccc21. The minimum absolute atomic E-state index is 0.306. The van der Waals surface area contributed by atoms with Crippen molar-refractivity contribution in [1.82, 2.24) is 9.97 Å². The maximum Gasteiger partial charge on any atom is 0.160 e. The Morgan fingerprint density at radius 1 is 0.418 bits per heavy atom. The fourth-order valence-corrected chi connectivity index (χ4v) is 8.96. The van der Waals surface area contributed by atoms with Gasteiger partial charge in [-0.1, -0.05) is 164 Å². The van der Waals surface area contributed by atoms with Gasteiger partial charge in [-0.3, -0.25) is 0 Å². The van der Waals surface area contributed by atoms with Crippen molar-refractivity contribution in [3.63, 3.8) is 0 Å². The summed E-state index contributed by atoms with van der Waals surface area (Å²) >= 11 is 0. The van der Waals surface area contributed by atoms with E-state index in [4.69, 9.17) is 14.4 Å². The lowest BCUT2D eigenvalue weighted by atomic mass is 9.74. The smallest absolute Gasteiger partial charge is 0.160 e. The van der Waals surface area contributed by atoms with Crippen molar-refractivity contribution >= 4 is 32.7 Å². The molecule has 0 saturated heterocycles. The topological polar surface area (TPSA) is 38.9 Å². The summed E-state index contributed by atoms with van der Waals surface area (Å²) in [6.45, 7) is 2.36. The molecule has 8 aromatic carbocycles. The third-order valence-corrected chi connectivity index (χ3v) is 11.6. The van der Waals surface area contributed by atoms with Crippen LogP contribution in [0.25, 0.3) is 88.9 Å². The summed E-state index contributed by atoms with van der Waals surface area (Å²) < 4.78 is 6.45. The van der Waals surface area contributed by atoms with E-state index in [1.165, 1.54) is 38.6 Å². The van der Waals surface area contributed by atoms with Crippen molar-refractivity contribution in [3.05, 3.63) is 205 Å². The van der Waals surface area contributed by atoms with Gasteiger partial charge in [0.1, 0.15) is 11.2 Å². The first-order valence-corrected chi connectivity index (χ1v) is 18.8. The van der Waals surface area contributed by atoms with Crippen LogP contribution in [0.2, 0.25) is 0 Å². The van der Waals surface area contributed by atoms with Crippen molar-refractivity contribution in [2.75, 3.05) is 0 Å². The summed E-state index contributed by atoms with van der Waals surface area (Å²) in [6, 6.07) is 66.8. The van der Waals surface area contributed by atoms with Crippen LogP contribution in [0.15, 0.2) is 192 Å². The quantitative estimate of drug-likeness (QED) is 0.179. The molecule has 10 aromatic rings. The van der Waals surface area contributed by atoms with E-state index in [2.05, 4.69) is 165 Å². The zero-order valence-electron chi connectivity index (χ0n) is 30.2. The van der Waals surface area contributed by atoms with Gasteiger partial charge in [-0.2, -0.15) is 0 Å². The number of aromatic nitrogens is 2. The summed E-state index contributed by atoms with van der Waals surface area (Å²) in [7, 11) is 0. The zero-order chi connectivity index (χ0) is 36.5. The van der Waals surface area contributed by atoms with Gasteiger partial charge in [0.25, 0.3) is 0 Å². The fraction of sp³-hybridized carbons (Fsp3) is 0.0385. The molecule has 0 radical (unpaired) electrons. The van der Waals surface area contributed by atoms with Crippen molar-refractivity contribution in [2.24, 2.45) is 0 Å². The molecule has 0 N–H and O–H groups in total. The molecule has 1 aliphatic rings. The molecule has 0 spiro atoms. The molecular formula is C52H34N2O. The average Bonchev–Trinajstić information content (AvgIpc) is 3.77. The van der Waals surface area contributed by atoms with Gasteiger partial charge in [0.15, 0.2) is 5.82 Å². The van der Waals surface area contributed by atoms with Crippen LogP contribution in [0.4, 0.5) is 0 Å². The van der Waals surface area contributed by atoms with Crippen molar-refractivity contribution in [2.45, 2.75) is 12.3 Å². The largest absolute Gasteiger partial charge is 0.456 e. The second-order valence-electron chi connectivity index (χ2n) is 14.6. The Balaban J connectivity index is 1.12. The van der Waals surface area contributed by atoms with Gasteiger partial charge < -0.3 is 4.42 Å². The Hall–Kier alpha value is -7.10. The van der Waals surface area contributed by atoms with E-state index in [1.807, 2.05) is 30.3 Å². The molecule has 55 heavy (non-hydrogen) atoms. The first-order valence-electron chi connectivity index (χ1n) is 18.8. The maximum absolute atomic E-state index is 6.45. The minimum Gasteiger partial charge on any atom is -0.456 e. The maximum atomic E-state index is 6.45. The van der Waals surface area contributed by atoms with E-state index in [0.717, 1.165) is 61.1 Å². The van der Waals surface area contributed by atoms with E-state index in [-0.39, 0.29) is 5.41 Å². The second kappa shape index (κ2) is 12.2. The highest BCUT2D eigenvalue weighted by atomic mass is 16.3. The van der Waals surface area contributed by atoms with Crippen molar-refractivity contribution in [3.8, 4) is 56.2 Å². The number of fused-ring (bicyclic) bond motifs is 8. The lowest BCUT2D eigenvalue weighted by Gasteiger charge is -2.28. The Morgan fingerprint density at radius 3 is 1.89 bits per heavy atom. The van der Waals surface area contributed by atoms with Crippen LogP contribution >= 0.6 is 0 Å². The number of rotatable bonds is 5. The Kier molecular flexibility index (Phi) is 6.99. The molecule has 3 heteroatoms. The predicted octanol–water partition coefficient (Wildman–Crippen LogP) is 13.5. The lowest BCUT2D eigenvalue weighted by molar-refractivity contribution is 0.669. The van der Waals surface area contributed by atoms with E-state index in [1.54, 1.807) is 0 Å². The van der Waals surface area contributed by atoms with Gasteiger partial charge in [0, 0.05) is 32.9 Å². The molecule has 0 aliphatic heterocycles. The highest BCUT2D eigenvalue weighted by Crippen LogP contribution is 2.55. The van der Waals surface area contributed by atoms with Crippen molar-refractivity contribution < 1.29 is 4.42 Å². The molecule has 258 valence electrons. The molecule has 11 rings (SSSR count). The highest BCUT2D eigenvalue weighted by molar-refractivity contribution is 6.22. The molecule has 0 fully saturated rings. The summed E-state index contributed by atoms with van der Waals surface area (Å²) in [5.41, 5.74) is 14.9. The van der Waals surface area contributed by atoms with Gasteiger partial charge in [-0.05, 0) is 80.9 Å². The van der Waals surface area contributed by atoms with Crippen molar-refractivity contribution in [1.29, 1.82) is 0 Å². The molecule has 2 aromatic heterocycles. The third kappa shape index (κ3) is 4.83. The molecule has 0 saturated carbocycles. The molecule has 1 aliphatic carbocycles. The number of benzene rings is 8. The van der Waals surface area contributed by atoms with Crippen LogP contribution in [0.3, 0.4) is 0 Å². The van der Waals surface area contributed by atoms with Gasteiger partial charge >= 0.3 is 0 Å². The van der Waals surface area contributed by atoms with E-state index in [0.29, 0.717) is 5.82 Å². The third-order valence-electron chi connectivity index (χ3n) is 11.6. The van der Waals surface area contributed by atoms with E-state index < -0.39 is 0 Å². The molecule has 1 atom stereocenters. The van der Waals surface area contributed by atoms with Gasteiger partial charge in [0.2, 0.25) is 0 Å². The molecule has 0 bridgehead atoms. The van der Waals surface area contributed by atoms with Crippen LogP contribution in [0.5, 0.6) is 0 Å². The molecule has 0 amide bonds. The van der Waals surface area contributed by atoms with E-state index >= 15 is 0 Å². The highest BCUT2D eigenvalue weighted by Gasteiger charge is 2.41. The van der Waals surface area contributed by atoms with Gasteiger partial charge in [-0.25, -0.2) is 9.97 Å². The summed E-state index contributed by atoms with van der Waals surface area (Å²) in [5, 5.41) is 4.66. The molecule has 3 nitrogen and oxygen atoms in total. The predicted molar refractivity (Wildman–Crippen MR) is 226 cm³/mol. The second-order valence-corrected chi connectivity index (χ2v) is 14.6. The average molecular weight is 703 g/mol. The number of furan rings is 1. The Morgan fingerprint density at radius 2 is 1.04 bits per heavy atom. The standard InChI is InChI=1S/C52H34N2O/c1-52(36-20-6-3-7-21-36)43-27-12-10-24-39(43)49-40(26-15-28-44(49)52)46-32-45(53-51(54-46)33-16-4-2-5-17-33)35-19-14-18-34(30-35)42-31-48-50(38-23-9-8-22-37(38)42)41-25-11-13-29-47(41)55-48/h2-32H,1H3. The number of nitrogens with zero attached hydrogens (tertiary/aromatic N) is 2. The van der Waals surface area contributed by atoms with Crippen LogP contribution in [0, 0.1) is 0 Å². The number of hydrogen-bond donors (Lipinski definition) is 0. The molecule has 2 heterocycles. The monoisotopic (exact) mass is 702 g/mol. The summed E-state index contributed by atoms with van der Waals surface area (Å²) in [6.07, 6.45) is 0. The molecule has 1 unspecified atom stereocenters. The molecular weight excluding hydrogens is 669 g/mol. The van der Waals surface area contributed by atoms with Crippen LogP contribution in [0.1, 0.15) is 23.6 Å². The Labute approximate surface area is 319 Å². The van der Waals surface area contributed by atoms with Crippen LogP contribution in [-0.2, 0) is 5.41 Å². The van der Waals surface area contributed by atoms with E-state index in [9.17, 15) is 0 Å². The van der Waals surface area contributed by atoms with Gasteiger partial charge in [0.05, 0.1) is 11.4 Å². The first-order chi connectivity index (χ1) is 27.1. The normalized spacial score (nSPS) is 14.7. The number of hydrogen-bond acceptors (Lipinski definition) is 3. The Bertz CT molecular complexity index is 3110. The zero-order valence-corrected chi connectivity index (χ0v) is 30.2. The minimum atomic E-state index is -0.306.